The molecule has 0 amide bonds. The van der Waals surface area contributed by atoms with Crippen molar-refractivity contribution < 1.29 is 24.2 Å². The van der Waals surface area contributed by atoms with Crippen molar-refractivity contribution in [3.05, 3.63) is 54.6 Å². The van der Waals surface area contributed by atoms with Gasteiger partial charge in [0.2, 0.25) is 5.89 Å². The molecule has 0 aliphatic rings. The van der Waals surface area contributed by atoms with Crippen LogP contribution in [-0.4, -0.2) is 45.4 Å². The summed E-state index contributed by atoms with van der Waals surface area (Å²) in [6.07, 6.45) is 4.76. The number of aromatic carboxylic acids is 1. The average Bonchev–Trinajstić information content (AvgIpc) is 3.25. The third-order valence-electron chi connectivity index (χ3n) is 4.41. The number of hydrogen-bond donors (Lipinski definition) is 4. The predicted molar refractivity (Wildman–Crippen MR) is 111 cm³/mol. The molecule has 158 valence electrons. The summed E-state index contributed by atoms with van der Waals surface area (Å²) >= 11 is 0. The zero-order valence-corrected chi connectivity index (χ0v) is 16.3. The number of carboxylic acids is 1. The van der Waals surface area contributed by atoms with Gasteiger partial charge in [0.05, 0.1) is 12.3 Å². The first kappa shape index (κ1) is 21.1. The molecule has 30 heavy (non-hydrogen) atoms. The summed E-state index contributed by atoms with van der Waals surface area (Å²) in [5.41, 5.74) is 6.91. The molecule has 0 fully saturated rings. The van der Waals surface area contributed by atoms with Crippen LogP contribution in [0.3, 0.4) is 0 Å². The van der Waals surface area contributed by atoms with Crippen molar-refractivity contribution in [1.29, 1.82) is 0 Å². The highest BCUT2D eigenvalue weighted by Crippen LogP contribution is 2.23. The molecule has 3 rings (SSSR count). The minimum absolute atomic E-state index is 0.0835. The summed E-state index contributed by atoms with van der Waals surface area (Å²) < 4.78 is 11.0. The van der Waals surface area contributed by atoms with Gasteiger partial charge < -0.3 is 30.4 Å². The van der Waals surface area contributed by atoms with E-state index >= 15 is 0 Å². The van der Waals surface area contributed by atoms with E-state index in [1.165, 1.54) is 0 Å². The van der Waals surface area contributed by atoms with Gasteiger partial charge in [0.1, 0.15) is 23.9 Å². The standard InChI is InChI=1S/C21H24N4O5/c22-16-6-1-2-7-18(16)30-15(12-26)5-3-4-9-23-19-11-14(8-10-24-19)20-25-17(13-29-20)21(27)28/h1-2,6-8,10-11,13,15,26H,3-5,9,12,22H2,(H,23,24)(H,27,28). The van der Waals surface area contributed by atoms with E-state index in [0.717, 1.165) is 19.1 Å². The van der Waals surface area contributed by atoms with Crippen molar-refractivity contribution >= 4 is 17.5 Å². The SMILES string of the molecule is Nc1ccccc1OC(CO)CCCCNc1cc(-c2nc(C(=O)O)co2)ccn1. The van der Waals surface area contributed by atoms with Crippen LogP contribution in [0.25, 0.3) is 11.5 Å². The Morgan fingerprint density at radius 3 is 2.83 bits per heavy atom. The molecular weight excluding hydrogens is 388 g/mol. The van der Waals surface area contributed by atoms with Crippen LogP contribution in [0.15, 0.2) is 53.3 Å². The first-order valence-electron chi connectivity index (χ1n) is 9.58. The van der Waals surface area contributed by atoms with Crippen molar-refractivity contribution in [3.63, 3.8) is 0 Å². The van der Waals surface area contributed by atoms with Crippen molar-refractivity contribution in [2.24, 2.45) is 0 Å². The lowest BCUT2D eigenvalue weighted by Gasteiger charge is -2.18. The van der Waals surface area contributed by atoms with E-state index in [9.17, 15) is 9.90 Å². The summed E-state index contributed by atoms with van der Waals surface area (Å²) in [6.45, 7) is 0.591. The number of anilines is 2. The number of ether oxygens (including phenoxy) is 1. The van der Waals surface area contributed by atoms with E-state index in [4.69, 9.17) is 20.0 Å². The van der Waals surface area contributed by atoms with Gasteiger partial charge >= 0.3 is 5.97 Å². The lowest BCUT2D eigenvalue weighted by Crippen LogP contribution is -2.21. The van der Waals surface area contributed by atoms with Crippen molar-refractivity contribution in [2.45, 2.75) is 25.4 Å². The third-order valence-corrected chi connectivity index (χ3v) is 4.41. The zero-order chi connectivity index (χ0) is 21.3. The number of aliphatic hydroxyl groups is 1. The molecule has 0 spiro atoms. The molecule has 9 nitrogen and oxygen atoms in total. The molecule has 1 unspecified atom stereocenters. The fraction of sp³-hybridized carbons (Fsp3) is 0.286. The number of benzene rings is 1. The molecule has 0 aliphatic heterocycles. The number of nitrogens with two attached hydrogens (primary N) is 1. The quantitative estimate of drug-likeness (QED) is 0.276. The highest BCUT2D eigenvalue weighted by Gasteiger charge is 2.13. The number of carbonyl (C=O) groups is 1. The van der Waals surface area contributed by atoms with E-state index in [-0.39, 0.29) is 24.3 Å². The molecule has 1 atom stereocenters. The van der Waals surface area contributed by atoms with Crippen LogP contribution in [0.1, 0.15) is 29.8 Å². The number of unbranched alkanes of at least 4 members (excludes halogenated alkanes) is 1. The van der Waals surface area contributed by atoms with Crippen LogP contribution in [0.5, 0.6) is 5.75 Å². The monoisotopic (exact) mass is 412 g/mol. The number of nitrogen functional groups attached to an aromatic ring is 1. The Kier molecular flexibility index (Phi) is 7.23. The van der Waals surface area contributed by atoms with Crippen LogP contribution in [0.4, 0.5) is 11.5 Å². The van der Waals surface area contributed by atoms with E-state index < -0.39 is 5.97 Å². The molecule has 0 bridgehead atoms. The average molecular weight is 412 g/mol. The molecule has 5 N–H and O–H groups in total. The van der Waals surface area contributed by atoms with Crippen LogP contribution in [0.2, 0.25) is 0 Å². The summed E-state index contributed by atoms with van der Waals surface area (Å²) in [5, 5.41) is 21.7. The number of para-hydroxylation sites is 2. The molecule has 0 saturated heterocycles. The van der Waals surface area contributed by atoms with Gasteiger partial charge in [0.15, 0.2) is 5.69 Å². The number of aliphatic hydroxyl groups excluding tert-OH is 1. The van der Waals surface area contributed by atoms with E-state index in [0.29, 0.717) is 35.8 Å². The van der Waals surface area contributed by atoms with Gasteiger partial charge in [-0.1, -0.05) is 12.1 Å². The first-order chi connectivity index (χ1) is 14.6. The second-order valence-corrected chi connectivity index (χ2v) is 6.66. The molecule has 2 heterocycles. The minimum atomic E-state index is -1.14. The second-order valence-electron chi connectivity index (χ2n) is 6.66. The number of oxazole rings is 1. The van der Waals surface area contributed by atoms with E-state index in [1.807, 2.05) is 12.1 Å². The third kappa shape index (κ3) is 5.71. The predicted octanol–water partition coefficient (Wildman–Crippen LogP) is 3.04. The Bertz CT molecular complexity index is 975. The van der Waals surface area contributed by atoms with Crippen LogP contribution >= 0.6 is 0 Å². The Morgan fingerprint density at radius 2 is 2.10 bits per heavy atom. The summed E-state index contributed by atoms with van der Waals surface area (Å²) in [7, 11) is 0. The first-order valence-corrected chi connectivity index (χ1v) is 9.58. The maximum absolute atomic E-state index is 10.9. The molecule has 0 aliphatic carbocycles. The van der Waals surface area contributed by atoms with Crippen molar-refractivity contribution in [1.82, 2.24) is 9.97 Å². The zero-order valence-electron chi connectivity index (χ0n) is 16.3. The number of hydrogen-bond acceptors (Lipinski definition) is 8. The number of pyridine rings is 1. The summed E-state index contributed by atoms with van der Waals surface area (Å²) in [6, 6.07) is 10.7. The molecule has 9 heteroatoms. The van der Waals surface area contributed by atoms with Crippen LogP contribution in [0, 0.1) is 0 Å². The number of nitrogens with one attached hydrogen (secondary N) is 1. The number of nitrogens with zero attached hydrogens (tertiary/aromatic N) is 2. The van der Waals surface area contributed by atoms with Gasteiger partial charge in [-0.15, -0.1) is 0 Å². The molecule has 0 radical (unpaired) electrons. The van der Waals surface area contributed by atoms with Gasteiger partial charge in [-0.05, 0) is 43.5 Å². The normalized spacial score (nSPS) is 11.8. The van der Waals surface area contributed by atoms with Gasteiger partial charge in [-0.25, -0.2) is 14.8 Å². The molecule has 2 aromatic heterocycles. The lowest BCUT2D eigenvalue weighted by molar-refractivity contribution is 0.0690. The number of aromatic nitrogens is 2. The van der Waals surface area contributed by atoms with Crippen LogP contribution in [-0.2, 0) is 0 Å². The summed E-state index contributed by atoms with van der Waals surface area (Å²) in [4.78, 5) is 19.1. The van der Waals surface area contributed by atoms with Crippen LogP contribution < -0.4 is 15.8 Å². The molecule has 0 saturated carbocycles. The summed E-state index contributed by atoms with van der Waals surface area (Å²) in [5.74, 6) is 0.293. The maximum atomic E-state index is 10.9. The number of rotatable bonds is 11. The van der Waals surface area contributed by atoms with Gasteiger partial charge in [-0.3, -0.25) is 0 Å². The Morgan fingerprint density at radius 1 is 1.27 bits per heavy atom. The molecule has 1 aromatic carbocycles. The van der Waals surface area contributed by atoms with Gasteiger partial charge in [0, 0.05) is 18.3 Å². The Balaban J connectivity index is 1.45. The van der Waals surface area contributed by atoms with E-state index in [2.05, 4.69) is 15.3 Å². The highest BCUT2D eigenvalue weighted by molar-refractivity contribution is 5.85. The van der Waals surface area contributed by atoms with Crippen molar-refractivity contribution in [3.8, 4) is 17.2 Å². The smallest absolute Gasteiger partial charge is 0.357 e. The van der Waals surface area contributed by atoms with E-state index in [1.54, 1.807) is 30.5 Å². The fourth-order valence-corrected chi connectivity index (χ4v) is 2.83. The molecular formula is C21H24N4O5. The van der Waals surface area contributed by atoms with Gasteiger partial charge in [-0.2, -0.15) is 0 Å². The van der Waals surface area contributed by atoms with Crippen molar-refractivity contribution in [2.75, 3.05) is 24.2 Å². The highest BCUT2D eigenvalue weighted by atomic mass is 16.5. The van der Waals surface area contributed by atoms with Gasteiger partial charge in [0.25, 0.3) is 0 Å². The maximum Gasteiger partial charge on any atom is 0.357 e. The minimum Gasteiger partial charge on any atom is -0.486 e. The largest absolute Gasteiger partial charge is 0.486 e. The topological polar surface area (TPSA) is 144 Å². The number of carboxylic acid groups (broad SMARTS) is 1. The lowest BCUT2D eigenvalue weighted by atomic mass is 10.1. The fourth-order valence-electron chi connectivity index (χ4n) is 2.83. The Labute approximate surface area is 173 Å². The second kappa shape index (κ2) is 10.3. The molecule has 3 aromatic rings. The Hall–Kier alpha value is -3.59.